The first-order chi connectivity index (χ1) is 29.3. The van der Waals surface area contributed by atoms with Crippen molar-refractivity contribution in [3.05, 3.63) is 82.7 Å². The summed E-state index contributed by atoms with van der Waals surface area (Å²) in [7, 11) is 0. The zero-order valence-electron chi connectivity index (χ0n) is 34.1. The maximum absolute atomic E-state index is 13.4. The minimum Gasteiger partial charge on any atom is -0.472 e. The summed E-state index contributed by atoms with van der Waals surface area (Å²) in [5, 5.41) is 19.0. The lowest BCUT2D eigenvalue weighted by Gasteiger charge is -2.62. The summed E-state index contributed by atoms with van der Waals surface area (Å²) < 4.78 is 47.0. The summed E-state index contributed by atoms with van der Waals surface area (Å²) in [5.74, 6) is 2.27. The van der Waals surface area contributed by atoms with E-state index < -0.39 is 58.6 Å². The number of aromatic nitrogens is 4. The smallest absolute Gasteiger partial charge is 0.453 e. The van der Waals surface area contributed by atoms with Crippen molar-refractivity contribution in [3.8, 4) is 17.7 Å². The van der Waals surface area contributed by atoms with Gasteiger partial charge in [0.15, 0.2) is 5.65 Å². The van der Waals surface area contributed by atoms with Gasteiger partial charge in [0.2, 0.25) is 23.6 Å². The Bertz CT molecular complexity index is 2570. The Kier molecular flexibility index (Phi) is 10.5. The maximum Gasteiger partial charge on any atom is 0.453 e. The van der Waals surface area contributed by atoms with Crippen LogP contribution in [0.25, 0.3) is 5.65 Å². The highest BCUT2D eigenvalue weighted by atomic mass is 19.4. The third-order valence-corrected chi connectivity index (χ3v) is 12.2. The van der Waals surface area contributed by atoms with Gasteiger partial charge in [0, 0.05) is 65.2 Å². The molecule has 1 atom stereocenters. The molecule has 3 aliphatic heterocycles. The van der Waals surface area contributed by atoms with E-state index >= 15 is 0 Å². The lowest BCUT2D eigenvalue weighted by molar-refractivity contribution is -0.166. The van der Waals surface area contributed by atoms with Crippen molar-refractivity contribution >= 4 is 46.8 Å². The molecule has 1 unspecified atom stereocenters. The summed E-state index contributed by atoms with van der Waals surface area (Å²) in [6, 6.07) is 12.9. The second kappa shape index (κ2) is 15.6. The number of fused-ring (bicyclic) bond motifs is 2. The van der Waals surface area contributed by atoms with Gasteiger partial charge in [0.05, 0.1) is 17.7 Å². The lowest BCUT2D eigenvalue weighted by Crippen LogP contribution is -2.74. The number of nitrogens with zero attached hydrogens (tertiary/aromatic N) is 6. The number of carbonyl (C=O) groups excluding carboxylic acids is 6. The molecule has 1 saturated carbocycles. The van der Waals surface area contributed by atoms with Crippen LogP contribution < -0.4 is 20.7 Å². The van der Waals surface area contributed by atoms with E-state index in [1.807, 2.05) is 27.7 Å². The van der Waals surface area contributed by atoms with E-state index in [1.165, 1.54) is 18.2 Å². The standard InChI is InChI=1S/C43H42F3N9O7/c1-41(2)38(42(3,4)39(41)62-31-17-15-29-50-51-40(43(44,45)46)55(29)52-31)49-34(58)25-12-10-23(11-13-25)8-9-24-18-20-53(21-19-24)32(57)22-47-27-7-5-6-26-33(27)37(61)54(36(26)60)28-14-16-30(56)48-35(28)59/h5-7,10-13,15,17,24,28,38-39,47H,14,16,18-22H2,1-4H3,(H,49,58)(H,48,56,59)/t28?,38-,39-. The first-order valence-electron chi connectivity index (χ1n) is 20.1. The molecule has 8 rings (SSSR count). The summed E-state index contributed by atoms with van der Waals surface area (Å²) in [5.41, 5.74) is 0.333. The van der Waals surface area contributed by atoms with E-state index in [0.717, 1.165) is 4.90 Å². The normalized spacial score (nSPS) is 22.0. The van der Waals surface area contributed by atoms with Crippen molar-refractivity contribution in [3.63, 3.8) is 0 Å². The highest BCUT2D eigenvalue weighted by Crippen LogP contribution is 2.55. The highest BCUT2D eigenvalue weighted by molar-refractivity contribution is 6.25. The first kappa shape index (κ1) is 41.9. The van der Waals surface area contributed by atoms with Gasteiger partial charge in [-0.3, -0.25) is 39.0 Å². The molecule has 4 aliphatic rings. The van der Waals surface area contributed by atoms with Gasteiger partial charge < -0.3 is 20.3 Å². The lowest BCUT2D eigenvalue weighted by atomic mass is 9.49. The summed E-state index contributed by atoms with van der Waals surface area (Å²) >= 11 is 0. The van der Waals surface area contributed by atoms with Crippen molar-refractivity contribution in [1.29, 1.82) is 0 Å². The van der Waals surface area contributed by atoms with Crippen LogP contribution in [0.3, 0.4) is 0 Å². The molecular weight excluding hydrogens is 812 g/mol. The van der Waals surface area contributed by atoms with Crippen molar-refractivity contribution in [2.45, 2.75) is 77.7 Å². The summed E-state index contributed by atoms with van der Waals surface area (Å²) in [4.78, 5) is 79.8. The van der Waals surface area contributed by atoms with Crippen molar-refractivity contribution < 1.29 is 46.7 Å². The quantitative estimate of drug-likeness (QED) is 0.172. The fraction of sp³-hybridized carbons (Fsp3) is 0.419. The third kappa shape index (κ3) is 7.58. The number of hydrogen-bond acceptors (Lipinski definition) is 11. The number of nitrogens with one attached hydrogen (secondary N) is 3. The number of amides is 6. The topological polar surface area (TPSA) is 197 Å². The van der Waals surface area contributed by atoms with Crippen LogP contribution in [0.4, 0.5) is 18.9 Å². The van der Waals surface area contributed by atoms with Crippen LogP contribution in [0.2, 0.25) is 0 Å². The maximum atomic E-state index is 13.4. The second-order valence-electron chi connectivity index (χ2n) is 17.0. The molecular formula is C43H42F3N9O7. The largest absolute Gasteiger partial charge is 0.472 e. The van der Waals surface area contributed by atoms with Crippen molar-refractivity contribution in [1.82, 2.24) is 40.2 Å². The monoisotopic (exact) mass is 853 g/mol. The Morgan fingerprint density at radius 3 is 2.31 bits per heavy atom. The number of hydrogen-bond donors (Lipinski definition) is 3. The Labute approximate surface area is 352 Å². The first-order valence-corrected chi connectivity index (χ1v) is 20.1. The average Bonchev–Trinajstić information content (AvgIpc) is 3.78. The molecule has 322 valence electrons. The number of piperidine rings is 2. The van der Waals surface area contributed by atoms with Crippen LogP contribution in [-0.4, -0.2) is 103 Å². The fourth-order valence-electron chi connectivity index (χ4n) is 9.26. The molecule has 6 amide bonds. The Morgan fingerprint density at radius 2 is 1.63 bits per heavy atom. The van der Waals surface area contributed by atoms with Gasteiger partial charge in [-0.1, -0.05) is 45.6 Å². The van der Waals surface area contributed by atoms with Crippen molar-refractivity contribution in [2.24, 2.45) is 16.7 Å². The van der Waals surface area contributed by atoms with Gasteiger partial charge in [0.25, 0.3) is 23.5 Å². The van der Waals surface area contributed by atoms with Crippen LogP contribution in [0.5, 0.6) is 5.88 Å². The molecule has 16 nitrogen and oxygen atoms in total. The third-order valence-electron chi connectivity index (χ3n) is 12.2. The van der Waals surface area contributed by atoms with Gasteiger partial charge in [-0.05, 0) is 61.7 Å². The molecule has 3 fully saturated rings. The molecule has 62 heavy (non-hydrogen) atoms. The predicted molar refractivity (Wildman–Crippen MR) is 213 cm³/mol. The van der Waals surface area contributed by atoms with Crippen LogP contribution in [0.15, 0.2) is 54.6 Å². The van der Waals surface area contributed by atoms with E-state index in [9.17, 15) is 41.9 Å². The van der Waals surface area contributed by atoms with Gasteiger partial charge in [-0.15, -0.1) is 15.3 Å². The van der Waals surface area contributed by atoms with Gasteiger partial charge in [-0.25, -0.2) is 0 Å². The Morgan fingerprint density at radius 1 is 0.919 bits per heavy atom. The molecule has 0 spiro atoms. The van der Waals surface area contributed by atoms with Crippen LogP contribution in [0, 0.1) is 28.6 Å². The van der Waals surface area contributed by atoms with E-state index in [4.69, 9.17) is 4.74 Å². The fourth-order valence-corrected chi connectivity index (χ4v) is 9.26. The number of carbonyl (C=O) groups is 6. The van der Waals surface area contributed by atoms with Gasteiger partial charge in [0.1, 0.15) is 12.1 Å². The number of imide groups is 2. The molecule has 5 heterocycles. The Hall–Kier alpha value is -6.84. The second-order valence-corrected chi connectivity index (χ2v) is 17.0. The molecule has 19 heteroatoms. The number of rotatable bonds is 8. The number of anilines is 1. The number of likely N-dealkylation sites (tertiary alicyclic amines) is 1. The molecule has 2 aromatic heterocycles. The average molecular weight is 854 g/mol. The molecule has 3 N–H and O–H groups in total. The van der Waals surface area contributed by atoms with E-state index in [0.29, 0.717) is 47.3 Å². The zero-order chi connectivity index (χ0) is 44.3. The van der Waals surface area contributed by atoms with Crippen LogP contribution in [-0.2, 0) is 20.6 Å². The molecule has 0 bridgehead atoms. The van der Waals surface area contributed by atoms with E-state index in [2.05, 4.69) is 43.1 Å². The van der Waals surface area contributed by atoms with Gasteiger partial charge >= 0.3 is 6.18 Å². The highest BCUT2D eigenvalue weighted by Gasteiger charge is 2.64. The Balaban J connectivity index is 0.816. The molecule has 1 aliphatic carbocycles. The van der Waals surface area contributed by atoms with Crippen molar-refractivity contribution in [2.75, 3.05) is 25.0 Å². The number of ether oxygens (including phenoxy) is 1. The predicted octanol–water partition coefficient (Wildman–Crippen LogP) is 3.86. The number of alkyl halides is 3. The minimum absolute atomic E-state index is 0.00960. The van der Waals surface area contributed by atoms with Crippen LogP contribution >= 0.6 is 0 Å². The van der Waals surface area contributed by atoms with Gasteiger partial charge in [-0.2, -0.15) is 17.7 Å². The SMILES string of the molecule is CC1(C)[C@H](NC(=O)c2ccc(C#CC3CCN(C(=O)CNc4cccc5c4C(=O)N(C4CCC(=O)NC4=O)C5=O)CC3)cc2)C(C)(C)[C@H]1Oc1ccc2nnc(C(F)(F)F)n2n1. The number of halogens is 3. The molecule has 0 radical (unpaired) electrons. The molecule has 2 saturated heterocycles. The zero-order valence-corrected chi connectivity index (χ0v) is 34.1. The van der Waals surface area contributed by atoms with E-state index in [-0.39, 0.29) is 65.8 Å². The minimum atomic E-state index is -4.75. The van der Waals surface area contributed by atoms with E-state index in [1.54, 1.807) is 41.3 Å². The number of benzene rings is 2. The van der Waals surface area contributed by atoms with Crippen LogP contribution in [0.1, 0.15) is 95.8 Å². The summed E-state index contributed by atoms with van der Waals surface area (Å²) in [6.45, 7) is 8.46. The summed E-state index contributed by atoms with van der Waals surface area (Å²) in [6.07, 6.45) is -3.92. The molecule has 4 aromatic rings. The molecule has 2 aromatic carbocycles.